The first kappa shape index (κ1) is 17.5. The first-order chi connectivity index (χ1) is 11.0. The Kier molecular flexibility index (Phi) is 6.65. The summed E-state index contributed by atoms with van der Waals surface area (Å²) in [5, 5.41) is 4.05. The van der Waals surface area contributed by atoms with E-state index in [0.29, 0.717) is 28.6 Å². The molecule has 0 spiro atoms. The van der Waals surface area contributed by atoms with Gasteiger partial charge in [0, 0.05) is 12.1 Å². The van der Waals surface area contributed by atoms with Crippen LogP contribution in [0.1, 0.15) is 12.0 Å². The Balaban J connectivity index is 1.73. The molecule has 0 saturated carbocycles. The number of thiocarbonyl (C=S) groups is 1. The number of carbonyl (C=O) groups is 1. The maximum atomic E-state index is 11.8. The fraction of sp³-hybridized carbons (Fsp3) is 0.125. The molecule has 120 valence electrons. The number of nitrogens with one attached hydrogen (secondary N) is 3. The van der Waals surface area contributed by atoms with Gasteiger partial charge in [0.15, 0.2) is 5.11 Å². The molecule has 0 unspecified atom stereocenters. The molecule has 0 aliphatic carbocycles. The van der Waals surface area contributed by atoms with Crippen molar-refractivity contribution in [2.75, 3.05) is 5.32 Å². The van der Waals surface area contributed by atoms with E-state index < -0.39 is 0 Å². The lowest BCUT2D eigenvalue weighted by Gasteiger charge is -2.12. The number of hydrazine groups is 1. The van der Waals surface area contributed by atoms with Crippen LogP contribution >= 0.6 is 35.4 Å². The Bertz CT molecular complexity index is 695. The van der Waals surface area contributed by atoms with Crippen LogP contribution in [0.15, 0.2) is 48.5 Å². The molecule has 0 bridgehead atoms. The highest BCUT2D eigenvalue weighted by atomic mass is 35.5. The van der Waals surface area contributed by atoms with E-state index in [4.69, 9.17) is 35.4 Å². The van der Waals surface area contributed by atoms with Crippen LogP contribution in [0.5, 0.6) is 0 Å². The van der Waals surface area contributed by atoms with Gasteiger partial charge in [0.25, 0.3) is 0 Å². The van der Waals surface area contributed by atoms with E-state index in [1.807, 2.05) is 30.3 Å². The topological polar surface area (TPSA) is 53.2 Å². The minimum atomic E-state index is -0.146. The summed E-state index contributed by atoms with van der Waals surface area (Å²) in [5.74, 6) is -0.146. The Morgan fingerprint density at radius 1 is 1.00 bits per heavy atom. The molecule has 0 radical (unpaired) electrons. The fourth-order valence-electron chi connectivity index (χ4n) is 1.83. The first-order valence-electron chi connectivity index (χ1n) is 6.89. The molecule has 2 rings (SSSR count). The molecule has 0 saturated heterocycles. The number of anilines is 1. The van der Waals surface area contributed by atoms with E-state index >= 15 is 0 Å². The van der Waals surface area contributed by atoms with Crippen molar-refractivity contribution in [2.24, 2.45) is 0 Å². The second-order valence-electron chi connectivity index (χ2n) is 4.74. The van der Waals surface area contributed by atoms with Crippen LogP contribution in [0, 0.1) is 0 Å². The highest BCUT2D eigenvalue weighted by Gasteiger charge is 2.04. The normalized spacial score (nSPS) is 10.0. The molecule has 4 nitrogen and oxygen atoms in total. The summed E-state index contributed by atoms with van der Waals surface area (Å²) >= 11 is 16.9. The van der Waals surface area contributed by atoms with Gasteiger partial charge in [-0.15, -0.1) is 0 Å². The zero-order valence-corrected chi connectivity index (χ0v) is 14.4. The van der Waals surface area contributed by atoms with Crippen molar-refractivity contribution in [2.45, 2.75) is 12.8 Å². The van der Waals surface area contributed by atoms with Crippen molar-refractivity contribution < 1.29 is 4.79 Å². The number of aryl methyl sites for hydroxylation is 1. The molecule has 0 heterocycles. The third-order valence-corrected chi connectivity index (χ3v) is 3.92. The molecule has 1 amide bonds. The van der Waals surface area contributed by atoms with E-state index in [0.717, 1.165) is 5.56 Å². The van der Waals surface area contributed by atoms with E-state index in [1.165, 1.54) is 0 Å². The number of carbonyl (C=O) groups excluding carboxylic acids is 1. The zero-order chi connectivity index (χ0) is 16.7. The molecule has 3 N–H and O–H groups in total. The standard InChI is InChI=1S/C16H15Cl2N3OS/c17-13-8-7-12(10-14(13)18)19-16(23)21-20-15(22)9-6-11-4-2-1-3-5-11/h1-5,7-8,10H,6,9H2,(H,20,22)(H2,19,21,23). The Morgan fingerprint density at radius 2 is 1.74 bits per heavy atom. The van der Waals surface area contributed by atoms with Gasteiger partial charge in [-0.3, -0.25) is 15.6 Å². The van der Waals surface area contributed by atoms with Gasteiger partial charge < -0.3 is 5.32 Å². The van der Waals surface area contributed by atoms with Gasteiger partial charge in [0.05, 0.1) is 10.0 Å². The van der Waals surface area contributed by atoms with E-state index in [2.05, 4.69) is 16.2 Å². The molecule has 2 aromatic carbocycles. The molecule has 0 atom stereocenters. The van der Waals surface area contributed by atoms with Crippen LogP contribution in [0.3, 0.4) is 0 Å². The number of rotatable bonds is 4. The van der Waals surface area contributed by atoms with Gasteiger partial charge in [-0.2, -0.15) is 0 Å². The van der Waals surface area contributed by atoms with Crippen LogP contribution in [-0.4, -0.2) is 11.0 Å². The molecule has 2 aromatic rings. The van der Waals surface area contributed by atoms with Gasteiger partial charge in [-0.25, -0.2) is 0 Å². The van der Waals surface area contributed by atoms with Crippen molar-refractivity contribution in [3.05, 3.63) is 64.1 Å². The number of amides is 1. The average Bonchev–Trinajstić information content (AvgIpc) is 2.55. The Hall–Kier alpha value is -1.82. The highest BCUT2D eigenvalue weighted by molar-refractivity contribution is 7.80. The summed E-state index contributed by atoms with van der Waals surface area (Å²) in [5.41, 5.74) is 6.98. The largest absolute Gasteiger partial charge is 0.331 e. The van der Waals surface area contributed by atoms with Crippen molar-refractivity contribution in [3.63, 3.8) is 0 Å². The molecule has 23 heavy (non-hydrogen) atoms. The maximum Gasteiger partial charge on any atom is 0.238 e. The molecule has 7 heteroatoms. The lowest BCUT2D eigenvalue weighted by Crippen LogP contribution is -2.43. The number of hydrogen-bond acceptors (Lipinski definition) is 2. The van der Waals surface area contributed by atoms with Gasteiger partial charge in [0.2, 0.25) is 5.91 Å². The lowest BCUT2D eigenvalue weighted by molar-refractivity contribution is -0.121. The van der Waals surface area contributed by atoms with Crippen LogP contribution in [-0.2, 0) is 11.2 Å². The molecule has 0 aliphatic heterocycles. The smallest absolute Gasteiger partial charge is 0.238 e. The zero-order valence-electron chi connectivity index (χ0n) is 12.1. The van der Waals surface area contributed by atoms with Crippen LogP contribution in [0.2, 0.25) is 10.0 Å². The summed E-state index contributed by atoms with van der Waals surface area (Å²) in [6.45, 7) is 0. The third-order valence-electron chi connectivity index (χ3n) is 2.98. The number of halogens is 2. The van der Waals surface area contributed by atoms with Crippen LogP contribution in [0.25, 0.3) is 0 Å². The second-order valence-corrected chi connectivity index (χ2v) is 5.96. The molecule has 0 aromatic heterocycles. The second kappa shape index (κ2) is 8.72. The van der Waals surface area contributed by atoms with Crippen molar-refractivity contribution >= 4 is 52.1 Å². The highest BCUT2D eigenvalue weighted by Crippen LogP contribution is 2.24. The maximum absolute atomic E-state index is 11.8. The van der Waals surface area contributed by atoms with E-state index in [9.17, 15) is 4.79 Å². The fourth-order valence-corrected chi connectivity index (χ4v) is 2.29. The Morgan fingerprint density at radius 3 is 2.43 bits per heavy atom. The number of hydrogen-bond donors (Lipinski definition) is 3. The predicted octanol–water partition coefficient (Wildman–Crippen LogP) is 3.94. The quantitative estimate of drug-likeness (QED) is 0.565. The first-order valence-corrected chi connectivity index (χ1v) is 8.06. The monoisotopic (exact) mass is 367 g/mol. The van der Waals surface area contributed by atoms with Gasteiger partial charge in [-0.1, -0.05) is 53.5 Å². The SMILES string of the molecule is O=C(CCc1ccccc1)NNC(=S)Nc1ccc(Cl)c(Cl)c1. The molecular formula is C16H15Cl2N3OS. The van der Waals surface area contributed by atoms with Crippen molar-refractivity contribution in [3.8, 4) is 0 Å². The summed E-state index contributed by atoms with van der Waals surface area (Å²) in [7, 11) is 0. The number of benzene rings is 2. The predicted molar refractivity (Wildman–Crippen MR) is 98.7 cm³/mol. The minimum Gasteiger partial charge on any atom is -0.331 e. The lowest BCUT2D eigenvalue weighted by atomic mass is 10.1. The van der Waals surface area contributed by atoms with Crippen molar-refractivity contribution in [1.82, 2.24) is 10.9 Å². The summed E-state index contributed by atoms with van der Waals surface area (Å²) < 4.78 is 0. The summed E-state index contributed by atoms with van der Waals surface area (Å²) in [6.07, 6.45) is 1.04. The van der Waals surface area contributed by atoms with Gasteiger partial charge in [0.1, 0.15) is 0 Å². The average molecular weight is 368 g/mol. The van der Waals surface area contributed by atoms with E-state index in [-0.39, 0.29) is 11.0 Å². The van der Waals surface area contributed by atoms with Crippen LogP contribution < -0.4 is 16.2 Å². The van der Waals surface area contributed by atoms with Crippen LogP contribution in [0.4, 0.5) is 5.69 Å². The van der Waals surface area contributed by atoms with Gasteiger partial charge >= 0.3 is 0 Å². The summed E-state index contributed by atoms with van der Waals surface area (Å²) in [4.78, 5) is 11.8. The Labute approximate surface area is 150 Å². The van der Waals surface area contributed by atoms with Crippen molar-refractivity contribution in [1.29, 1.82) is 0 Å². The minimum absolute atomic E-state index is 0.146. The molecule has 0 fully saturated rings. The molecule has 0 aliphatic rings. The van der Waals surface area contributed by atoms with E-state index in [1.54, 1.807) is 18.2 Å². The summed E-state index contributed by atoms with van der Waals surface area (Å²) in [6, 6.07) is 14.8. The van der Waals surface area contributed by atoms with Gasteiger partial charge in [-0.05, 0) is 42.4 Å². The molecular weight excluding hydrogens is 353 g/mol. The third kappa shape index (κ3) is 6.06.